The van der Waals surface area contributed by atoms with E-state index in [-0.39, 0.29) is 11.5 Å². The molecule has 2 aromatic carbocycles. The highest BCUT2D eigenvalue weighted by Gasteiger charge is 2.18. The first-order valence-electron chi connectivity index (χ1n) is 7.72. The molecule has 126 valence electrons. The Morgan fingerprint density at radius 2 is 1.80 bits per heavy atom. The third kappa shape index (κ3) is 3.33. The minimum atomic E-state index is -0.758. The first-order chi connectivity index (χ1) is 12.0. The van der Waals surface area contributed by atoms with E-state index in [1.165, 1.54) is 0 Å². The van der Waals surface area contributed by atoms with Gasteiger partial charge in [0.25, 0.3) is 5.56 Å². The summed E-state index contributed by atoms with van der Waals surface area (Å²) in [5.74, 6) is -1.05. The number of fused-ring (bicyclic) bond motifs is 1. The molecule has 0 aliphatic heterocycles. The first-order valence-corrected chi connectivity index (χ1v) is 7.72. The zero-order chi connectivity index (χ0) is 18.0. The summed E-state index contributed by atoms with van der Waals surface area (Å²) in [5.41, 5.74) is 1.88. The van der Waals surface area contributed by atoms with Gasteiger partial charge < -0.3 is 4.74 Å². The molecule has 0 fully saturated rings. The SMILES string of the molecule is Cc1ccc(C)c(C(=O)COC(=O)c2n[nH]c(=O)c3ccccc23)c1. The number of benzene rings is 2. The summed E-state index contributed by atoms with van der Waals surface area (Å²) in [6, 6.07) is 12.1. The third-order valence-corrected chi connectivity index (χ3v) is 3.92. The monoisotopic (exact) mass is 336 g/mol. The highest BCUT2D eigenvalue weighted by Crippen LogP contribution is 2.15. The van der Waals surface area contributed by atoms with Crippen LogP contribution in [0.15, 0.2) is 47.3 Å². The highest BCUT2D eigenvalue weighted by atomic mass is 16.5. The van der Waals surface area contributed by atoms with Crippen LogP contribution in [0.5, 0.6) is 0 Å². The van der Waals surface area contributed by atoms with E-state index in [0.717, 1.165) is 11.1 Å². The summed E-state index contributed by atoms with van der Waals surface area (Å²) in [7, 11) is 0. The Labute approximate surface area is 143 Å². The molecule has 0 amide bonds. The van der Waals surface area contributed by atoms with Gasteiger partial charge in [0, 0.05) is 10.9 Å². The van der Waals surface area contributed by atoms with Gasteiger partial charge >= 0.3 is 5.97 Å². The predicted octanol–water partition coefficient (Wildman–Crippen LogP) is 2.58. The van der Waals surface area contributed by atoms with Gasteiger partial charge in [-0.25, -0.2) is 9.89 Å². The lowest BCUT2D eigenvalue weighted by molar-refractivity contribution is 0.0469. The average molecular weight is 336 g/mol. The van der Waals surface area contributed by atoms with Crippen LogP contribution in [0.3, 0.4) is 0 Å². The number of hydrogen-bond donors (Lipinski definition) is 1. The van der Waals surface area contributed by atoms with Crippen LogP contribution >= 0.6 is 0 Å². The van der Waals surface area contributed by atoms with E-state index < -0.39 is 18.1 Å². The topological polar surface area (TPSA) is 89.1 Å². The zero-order valence-electron chi connectivity index (χ0n) is 13.8. The Morgan fingerprint density at radius 1 is 1.08 bits per heavy atom. The number of nitrogens with zero attached hydrogens (tertiary/aromatic N) is 1. The van der Waals surface area contributed by atoms with E-state index >= 15 is 0 Å². The Balaban J connectivity index is 1.82. The number of aromatic amines is 1. The van der Waals surface area contributed by atoms with Crippen LogP contribution in [-0.2, 0) is 4.74 Å². The number of ketones is 1. The molecular weight excluding hydrogens is 320 g/mol. The predicted molar refractivity (Wildman–Crippen MR) is 92.9 cm³/mol. The summed E-state index contributed by atoms with van der Waals surface area (Å²) in [5, 5.41) is 6.76. The normalized spacial score (nSPS) is 10.6. The summed E-state index contributed by atoms with van der Waals surface area (Å²) in [4.78, 5) is 36.4. The van der Waals surface area contributed by atoms with E-state index in [4.69, 9.17) is 4.74 Å². The minimum Gasteiger partial charge on any atom is -0.452 e. The summed E-state index contributed by atoms with van der Waals surface area (Å²) in [6.45, 7) is 3.32. The number of H-pyrrole nitrogens is 1. The van der Waals surface area contributed by atoms with Crippen molar-refractivity contribution in [2.45, 2.75) is 13.8 Å². The van der Waals surface area contributed by atoms with Gasteiger partial charge in [-0.3, -0.25) is 9.59 Å². The van der Waals surface area contributed by atoms with Crippen LogP contribution < -0.4 is 5.56 Å². The second-order valence-corrected chi connectivity index (χ2v) is 5.76. The van der Waals surface area contributed by atoms with E-state index in [9.17, 15) is 14.4 Å². The second-order valence-electron chi connectivity index (χ2n) is 5.76. The lowest BCUT2D eigenvalue weighted by atomic mass is 10.0. The van der Waals surface area contributed by atoms with Crippen LogP contribution in [-0.4, -0.2) is 28.6 Å². The van der Waals surface area contributed by atoms with Gasteiger partial charge in [0.1, 0.15) is 0 Å². The summed E-state index contributed by atoms with van der Waals surface area (Å²) in [6.07, 6.45) is 0. The van der Waals surface area contributed by atoms with Gasteiger partial charge in [-0.1, -0.05) is 35.9 Å². The molecule has 3 rings (SSSR count). The van der Waals surface area contributed by atoms with Crippen molar-refractivity contribution in [2.24, 2.45) is 0 Å². The van der Waals surface area contributed by atoms with Crippen molar-refractivity contribution < 1.29 is 14.3 Å². The molecule has 0 aliphatic carbocycles. The Hall–Kier alpha value is -3.28. The van der Waals surface area contributed by atoms with Gasteiger partial charge in [-0.15, -0.1) is 0 Å². The molecule has 0 spiro atoms. The molecule has 1 N–H and O–H groups in total. The number of carbonyl (C=O) groups excluding carboxylic acids is 2. The number of rotatable bonds is 4. The van der Waals surface area contributed by atoms with Crippen molar-refractivity contribution in [3.05, 3.63) is 75.2 Å². The number of esters is 1. The third-order valence-electron chi connectivity index (χ3n) is 3.92. The van der Waals surface area contributed by atoms with Crippen molar-refractivity contribution in [3.63, 3.8) is 0 Å². The van der Waals surface area contributed by atoms with Crippen molar-refractivity contribution in [2.75, 3.05) is 6.61 Å². The maximum Gasteiger partial charge on any atom is 0.359 e. The fourth-order valence-electron chi connectivity index (χ4n) is 2.58. The first kappa shape index (κ1) is 16.6. The quantitative estimate of drug-likeness (QED) is 0.584. The van der Waals surface area contributed by atoms with Crippen molar-refractivity contribution in [3.8, 4) is 0 Å². The molecule has 6 nitrogen and oxygen atoms in total. The summed E-state index contributed by atoms with van der Waals surface area (Å²) < 4.78 is 5.11. The molecule has 0 unspecified atom stereocenters. The fraction of sp³-hybridized carbons (Fsp3) is 0.158. The zero-order valence-corrected chi connectivity index (χ0v) is 13.8. The van der Waals surface area contributed by atoms with Gasteiger partial charge in [-0.05, 0) is 31.5 Å². The highest BCUT2D eigenvalue weighted by molar-refractivity contribution is 6.04. The Morgan fingerprint density at radius 3 is 2.56 bits per heavy atom. The minimum absolute atomic E-state index is 0.0241. The van der Waals surface area contributed by atoms with Crippen molar-refractivity contribution >= 4 is 22.5 Å². The average Bonchev–Trinajstić information content (AvgIpc) is 2.62. The standard InChI is InChI=1S/C19H16N2O4/c1-11-7-8-12(2)15(9-11)16(22)10-25-19(24)17-13-5-3-4-6-14(13)18(23)21-20-17/h3-9H,10H2,1-2H3,(H,21,23). The summed E-state index contributed by atoms with van der Waals surface area (Å²) >= 11 is 0. The number of aryl methyl sites for hydroxylation is 2. The number of hydrogen-bond acceptors (Lipinski definition) is 5. The van der Waals surface area contributed by atoms with Crippen LogP contribution in [0.25, 0.3) is 10.8 Å². The number of aromatic nitrogens is 2. The van der Waals surface area contributed by atoms with Gasteiger partial charge in [0.15, 0.2) is 12.3 Å². The van der Waals surface area contributed by atoms with E-state index in [2.05, 4.69) is 10.2 Å². The molecule has 25 heavy (non-hydrogen) atoms. The molecule has 1 aromatic heterocycles. The number of carbonyl (C=O) groups is 2. The number of nitrogens with one attached hydrogen (secondary N) is 1. The number of Topliss-reactive ketones (excluding diaryl/α,β-unsaturated/α-hetero) is 1. The molecule has 1 heterocycles. The molecule has 0 radical (unpaired) electrons. The second kappa shape index (κ2) is 6.68. The molecule has 0 bridgehead atoms. The van der Waals surface area contributed by atoms with Crippen LogP contribution in [0.4, 0.5) is 0 Å². The lowest BCUT2D eigenvalue weighted by Gasteiger charge is -2.08. The fourth-order valence-corrected chi connectivity index (χ4v) is 2.58. The van der Waals surface area contributed by atoms with E-state index in [1.54, 1.807) is 30.3 Å². The number of ether oxygens (including phenoxy) is 1. The van der Waals surface area contributed by atoms with Gasteiger partial charge in [0.05, 0.1) is 5.39 Å². The Bertz CT molecular complexity index is 1040. The molecule has 0 atom stereocenters. The van der Waals surface area contributed by atoms with Gasteiger partial charge in [-0.2, -0.15) is 5.10 Å². The maximum absolute atomic E-state index is 12.3. The largest absolute Gasteiger partial charge is 0.452 e. The van der Waals surface area contributed by atoms with Crippen molar-refractivity contribution in [1.82, 2.24) is 10.2 Å². The maximum atomic E-state index is 12.3. The van der Waals surface area contributed by atoms with E-state index in [1.807, 2.05) is 26.0 Å². The molecule has 0 saturated carbocycles. The van der Waals surface area contributed by atoms with Crippen LogP contribution in [0.2, 0.25) is 0 Å². The van der Waals surface area contributed by atoms with Crippen molar-refractivity contribution in [1.29, 1.82) is 0 Å². The molecule has 0 aliphatic rings. The smallest absolute Gasteiger partial charge is 0.359 e. The van der Waals surface area contributed by atoms with E-state index in [0.29, 0.717) is 16.3 Å². The molecular formula is C19H16N2O4. The Kier molecular flexibility index (Phi) is 4.43. The van der Waals surface area contributed by atoms with Gasteiger partial charge in [0.2, 0.25) is 5.78 Å². The lowest BCUT2D eigenvalue weighted by Crippen LogP contribution is -2.19. The molecule has 6 heteroatoms. The molecule has 0 saturated heterocycles. The molecule has 3 aromatic rings. The van der Waals surface area contributed by atoms with Crippen LogP contribution in [0.1, 0.15) is 32.0 Å². The van der Waals surface area contributed by atoms with Crippen LogP contribution in [0, 0.1) is 13.8 Å².